The van der Waals surface area contributed by atoms with Crippen LogP contribution in [-0.2, 0) is 0 Å². The summed E-state index contributed by atoms with van der Waals surface area (Å²) in [6.45, 7) is 4.41. The number of rotatable bonds is 3. The van der Waals surface area contributed by atoms with Crippen molar-refractivity contribution < 1.29 is 4.74 Å². The fourth-order valence-electron chi connectivity index (χ4n) is 1.25. The second-order valence-corrected chi connectivity index (χ2v) is 3.77. The van der Waals surface area contributed by atoms with Crippen LogP contribution in [0.15, 0.2) is 12.1 Å². The van der Waals surface area contributed by atoms with Crippen LogP contribution in [0.4, 0.5) is 0 Å². The van der Waals surface area contributed by atoms with Gasteiger partial charge in [-0.15, -0.1) is 0 Å². The van der Waals surface area contributed by atoms with Crippen molar-refractivity contribution in [3.8, 4) is 5.75 Å². The van der Waals surface area contributed by atoms with Crippen molar-refractivity contribution in [2.45, 2.75) is 13.8 Å². The van der Waals surface area contributed by atoms with E-state index in [9.17, 15) is 0 Å². The summed E-state index contributed by atoms with van der Waals surface area (Å²) in [5.74, 6) is 0.726. The number of thiocarbonyl (C=S) groups is 1. The Morgan fingerprint density at radius 1 is 1.57 bits per heavy atom. The average Bonchev–Trinajstić information content (AvgIpc) is 2.09. The van der Waals surface area contributed by atoms with Crippen LogP contribution < -0.4 is 10.5 Å². The van der Waals surface area contributed by atoms with E-state index in [0.29, 0.717) is 22.2 Å². The van der Waals surface area contributed by atoms with E-state index >= 15 is 0 Å². The lowest BCUT2D eigenvalue weighted by molar-refractivity contribution is 0.337. The molecule has 0 radical (unpaired) electrons. The second-order valence-electron chi connectivity index (χ2n) is 2.90. The van der Waals surface area contributed by atoms with Gasteiger partial charge in [-0.1, -0.05) is 23.8 Å². The van der Waals surface area contributed by atoms with Gasteiger partial charge in [0.2, 0.25) is 0 Å². The Morgan fingerprint density at radius 2 is 2.21 bits per heavy atom. The number of benzene rings is 1. The van der Waals surface area contributed by atoms with Crippen LogP contribution in [0, 0.1) is 6.92 Å². The third-order valence-electron chi connectivity index (χ3n) is 1.79. The maximum absolute atomic E-state index is 5.90. The molecular formula is C10H12ClNOS. The number of aryl methyl sites for hydroxylation is 1. The first-order valence-corrected chi connectivity index (χ1v) is 5.07. The Kier molecular flexibility index (Phi) is 3.72. The molecule has 0 spiro atoms. The summed E-state index contributed by atoms with van der Waals surface area (Å²) in [4.78, 5) is 0.305. The van der Waals surface area contributed by atoms with Gasteiger partial charge < -0.3 is 10.5 Å². The first-order chi connectivity index (χ1) is 6.56. The highest BCUT2D eigenvalue weighted by atomic mass is 35.5. The van der Waals surface area contributed by atoms with Gasteiger partial charge in [-0.05, 0) is 31.5 Å². The zero-order valence-corrected chi connectivity index (χ0v) is 9.71. The minimum absolute atomic E-state index is 0.305. The summed E-state index contributed by atoms with van der Waals surface area (Å²) in [5.41, 5.74) is 7.22. The molecule has 0 saturated carbocycles. The standard InChI is InChI=1S/C10H12ClNOS/c1-3-13-9-6(2)4-7(11)5-8(9)10(12)14/h4-5H,3H2,1-2H3,(H2,12,14). The monoisotopic (exact) mass is 229 g/mol. The molecule has 0 saturated heterocycles. The molecule has 0 aliphatic heterocycles. The van der Waals surface area contributed by atoms with Crippen LogP contribution >= 0.6 is 23.8 Å². The van der Waals surface area contributed by atoms with Crippen LogP contribution in [0.5, 0.6) is 5.75 Å². The van der Waals surface area contributed by atoms with E-state index in [0.717, 1.165) is 11.3 Å². The highest BCUT2D eigenvalue weighted by Gasteiger charge is 2.10. The molecule has 1 aromatic carbocycles. The molecule has 0 unspecified atom stereocenters. The van der Waals surface area contributed by atoms with Gasteiger partial charge in [0.05, 0.1) is 12.2 Å². The highest BCUT2D eigenvalue weighted by Crippen LogP contribution is 2.27. The molecule has 0 atom stereocenters. The van der Waals surface area contributed by atoms with E-state index in [1.165, 1.54) is 0 Å². The number of halogens is 1. The van der Waals surface area contributed by atoms with E-state index < -0.39 is 0 Å². The largest absolute Gasteiger partial charge is 0.493 e. The van der Waals surface area contributed by atoms with E-state index in [1.54, 1.807) is 6.07 Å². The van der Waals surface area contributed by atoms with Crippen LogP contribution in [-0.4, -0.2) is 11.6 Å². The van der Waals surface area contributed by atoms with E-state index in [4.69, 9.17) is 34.3 Å². The zero-order valence-electron chi connectivity index (χ0n) is 8.13. The predicted octanol–water partition coefficient (Wildman–Crippen LogP) is 2.68. The Bertz CT molecular complexity index is 365. The van der Waals surface area contributed by atoms with Gasteiger partial charge >= 0.3 is 0 Å². The third-order valence-corrected chi connectivity index (χ3v) is 2.23. The van der Waals surface area contributed by atoms with Gasteiger partial charge in [-0.3, -0.25) is 0 Å². The SMILES string of the molecule is CCOc1c(C)cc(Cl)cc1C(N)=S. The lowest BCUT2D eigenvalue weighted by Crippen LogP contribution is -2.12. The van der Waals surface area contributed by atoms with Crippen LogP contribution in [0.1, 0.15) is 18.1 Å². The van der Waals surface area contributed by atoms with Crippen LogP contribution in [0.25, 0.3) is 0 Å². The van der Waals surface area contributed by atoms with Gasteiger partial charge in [0, 0.05) is 5.02 Å². The molecule has 0 bridgehead atoms. The minimum Gasteiger partial charge on any atom is -0.493 e. The van der Waals surface area contributed by atoms with Gasteiger partial charge in [0.15, 0.2) is 0 Å². The summed E-state index contributed by atoms with van der Waals surface area (Å²) >= 11 is 10.8. The van der Waals surface area contributed by atoms with Gasteiger partial charge in [0.1, 0.15) is 10.7 Å². The molecule has 0 aliphatic carbocycles. The molecule has 0 heterocycles. The molecular weight excluding hydrogens is 218 g/mol. The number of hydrogen-bond acceptors (Lipinski definition) is 2. The quantitative estimate of drug-likeness (QED) is 0.810. The van der Waals surface area contributed by atoms with Crippen molar-refractivity contribution in [3.63, 3.8) is 0 Å². The summed E-state index contributed by atoms with van der Waals surface area (Å²) < 4.78 is 5.46. The smallest absolute Gasteiger partial charge is 0.132 e. The molecule has 76 valence electrons. The molecule has 2 N–H and O–H groups in total. The summed E-state index contributed by atoms with van der Waals surface area (Å²) in [7, 11) is 0. The Hall–Kier alpha value is -0.800. The highest BCUT2D eigenvalue weighted by molar-refractivity contribution is 7.80. The molecule has 0 aromatic heterocycles. The molecule has 4 heteroatoms. The van der Waals surface area contributed by atoms with Crippen molar-refractivity contribution in [2.24, 2.45) is 5.73 Å². The number of ether oxygens (including phenoxy) is 1. The first-order valence-electron chi connectivity index (χ1n) is 4.29. The van der Waals surface area contributed by atoms with Crippen molar-refractivity contribution >= 4 is 28.8 Å². The normalized spacial score (nSPS) is 9.93. The summed E-state index contributed by atoms with van der Waals surface area (Å²) in [6, 6.07) is 3.55. The van der Waals surface area contributed by atoms with Crippen molar-refractivity contribution in [3.05, 3.63) is 28.3 Å². The first kappa shape index (κ1) is 11.3. The van der Waals surface area contributed by atoms with Crippen molar-refractivity contribution in [1.29, 1.82) is 0 Å². The molecule has 0 fully saturated rings. The topological polar surface area (TPSA) is 35.2 Å². The lowest BCUT2D eigenvalue weighted by Gasteiger charge is -2.12. The van der Waals surface area contributed by atoms with E-state index in [2.05, 4.69) is 0 Å². The van der Waals surface area contributed by atoms with Crippen LogP contribution in [0.3, 0.4) is 0 Å². The maximum Gasteiger partial charge on any atom is 0.132 e. The Morgan fingerprint density at radius 3 is 2.71 bits per heavy atom. The molecule has 2 nitrogen and oxygen atoms in total. The third kappa shape index (κ3) is 2.36. The average molecular weight is 230 g/mol. The van der Waals surface area contributed by atoms with Gasteiger partial charge in [0.25, 0.3) is 0 Å². The molecule has 1 aromatic rings. The molecule has 1 rings (SSSR count). The van der Waals surface area contributed by atoms with E-state index in [-0.39, 0.29) is 0 Å². The number of hydrogen-bond donors (Lipinski definition) is 1. The fraction of sp³-hybridized carbons (Fsp3) is 0.300. The van der Waals surface area contributed by atoms with Crippen molar-refractivity contribution in [1.82, 2.24) is 0 Å². The maximum atomic E-state index is 5.90. The van der Waals surface area contributed by atoms with Crippen molar-refractivity contribution in [2.75, 3.05) is 6.61 Å². The molecule has 14 heavy (non-hydrogen) atoms. The zero-order chi connectivity index (χ0) is 10.7. The number of nitrogens with two attached hydrogens (primary N) is 1. The van der Waals surface area contributed by atoms with Gasteiger partial charge in [-0.2, -0.15) is 0 Å². The van der Waals surface area contributed by atoms with Crippen LogP contribution in [0.2, 0.25) is 5.02 Å². The van der Waals surface area contributed by atoms with Gasteiger partial charge in [-0.25, -0.2) is 0 Å². The fourth-order valence-corrected chi connectivity index (χ4v) is 1.67. The Labute approximate surface area is 94.0 Å². The molecule has 0 aliphatic rings. The summed E-state index contributed by atoms with van der Waals surface area (Å²) in [5, 5.41) is 0.619. The minimum atomic E-state index is 0.305. The Balaban J connectivity index is 3.28. The van der Waals surface area contributed by atoms with E-state index in [1.807, 2.05) is 19.9 Å². The predicted molar refractivity (Wildman–Crippen MR) is 63.2 cm³/mol. The second kappa shape index (κ2) is 4.62. The molecule has 0 amide bonds. The summed E-state index contributed by atoms with van der Waals surface area (Å²) in [6.07, 6.45) is 0. The lowest BCUT2D eigenvalue weighted by atomic mass is 10.1.